The minimum atomic E-state index is -0.489. The number of hydrogen-bond acceptors (Lipinski definition) is 6. The third-order valence-electron chi connectivity index (χ3n) is 4.15. The molecule has 0 aliphatic carbocycles. The van der Waals surface area contributed by atoms with Gasteiger partial charge in [-0.1, -0.05) is 12.1 Å². The summed E-state index contributed by atoms with van der Waals surface area (Å²) in [6.45, 7) is 2.01. The molecule has 1 N–H and O–H groups in total. The number of carbonyl (C=O) groups excluding carboxylic acids is 2. The summed E-state index contributed by atoms with van der Waals surface area (Å²) in [6.07, 6.45) is 1.56. The number of amides is 1. The minimum Gasteiger partial charge on any atom is -0.465 e. The molecule has 0 saturated carbocycles. The molecule has 140 valence electrons. The number of fused-ring (bicyclic) bond motifs is 1. The van der Waals surface area contributed by atoms with Crippen LogP contribution in [0.3, 0.4) is 0 Å². The van der Waals surface area contributed by atoms with E-state index in [2.05, 4.69) is 15.0 Å². The predicted molar refractivity (Wildman–Crippen MR) is 97.3 cm³/mol. The highest BCUT2D eigenvalue weighted by Gasteiger charge is 2.15. The van der Waals surface area contributed by atoms with Gasteiger partial charge in [0.05, 0.1) is 30.9 Å². The van der Waals surface area contributed by atoms with Crippen molar-refractivity contribution in [2.75, 3.05) is 7.11 Å². The lowest BCUT2D eigenvalue weighted by Gasteiger charge is -2.07. The van der Waals surface area contributed by atoms with Gasteiger partial charge in [0, 0.05) is 13.0 Å². The zero-order chi connectivity index (χ0) is 19.4. The largest absolute Gasteiger partial charge is 0.465 e. The highest BCUT2D eigenvalue weighted by atomic mass is 16.5. The molecule has 0 aliphatic heterocycles. The lowest BCUT2D eigenvalue weighted by Crippen LogP contribution is -2.27. The summed E-state index contributed by atoms with van der Waals surface area (Å²) >= 11 is 0. The van der Waals surface area contributed by atoms with E-state index < -0.39 is 5.97 Å². The Bertz CT molecular complexity index is 1050. The zero-order valence-electron chi connectivity index (χ0n) is 15.0. The molecule has 1 amide bonds. The molecule has 2 heterocycles. The minimum absolute atomic E-state index is 0.115. The van der Waals surface area contributed by atoms with Crippen molar-refractivity contribution in [1.29, 1.82) is 0 Å². The molecule has 1 aromatic carbocycles. The number of methoxy groups -OCH3 is 1. The molecule has 0 atom stereocenters. The molecular weight excluding hydrogens is 350 g/mol. The molecule has 3 aromatic rings. The van der Waals surface area contributed by atoms with Gasteiger partial charge >= 0.3 is 5.97 Å². The molecule has 0 bridgehead atoms. The van der Waals surface area contributed by atoms with Gasteiger partial charge in [-0.3, -0.25) is 14.2 Å². The van der Waals surface area contributed by atoms with Gasteiger partial charge in [0.2, 0.25) is 5.91 Å². The number of esters is 1. The molecule has 27 heavy (non-hydrogen) atoms. The van der Waals surface area contributed by atoms with Crippen molar-refractivity contribution in [3.63, 3.8) is 0 Å². The second-order valence-electron chi connectivity index (χ2n) is 5.96. The fraction of sp³-hybridized carbons (Fsp3) is 0.263. The lowest BCUT2D eigenvalue weighted by atomic mass is 10.2. The van der Waals surface area contributed by atoms with Crippen LogP contribution < -0.4 is 10.9 Å². The van der Waals surface area contributed by atoms with Gasteiger partial charge in [0.15, 0.2) is 0 Å². The number of hydrogen-bond donors (Lipinski definition) is 1. The summed E-state index contributed by atoms with van der Waals surface area (Å²) in [5.41, 5.74) is 0.770. The van der Waals surface area contributed by atoms with E-state index in [-0.39, 0.29) is 31.0 Å². The fourth-order valence-corrected chi connectivity index (χ4v) is 2.70. The van der Waals surface area contributed by atoms with Gasteiger partial charge in [0.25, 0.3) is 5.56 Å². The van der Waals surface area contributed by atoms with Crippen molar-refractivity contribution in [3.05, 3.63) is 64.1 Å². The van der Waals surface area contributed by atoms with E-state index in [1.54, 1.807) is 31.2 Å². The Labute approximate surface area is 154 Å². The number of ether oxygens (including phenoxy) is 1. The first-order valence-corrected chi connectivity index (χ1v) is 8.38. The van der Waals surface area contributed by atoms with Crippen LogP contribution in [0.25, 0.3) is 10.9 Å². The summed E-state index contributed by atoms with van der Waals surface area (Å²) in [5.74, 6) is 0.145. The van der Waals surface area contributed by atoms with Crippen molar-refractivity contribution < 1.29 is 18.7 Å². The smallest absolute Gasteiger partial charge is 0.341 e. The predicted octanol–water partition coefficient (Wildman–Crippen LogP) is 1.79. The molecule has 3 rings (SSSR count). The quantitative estimate of drug-likeness (QED) is 0.665. The molecule has 0 saturated heterocycles. The number of nitrogens with one attached hydrogen (secondary N) is 1. The van der Waals surface area contributed by atoms with Gasteiger partial charge in [-0.25, -0.2) is 9.78 Å². The Kier molecular flexibility index (Phi) is 5.35. The van der Waals surface area contributed by atoms with Crippen LogP contribution in [0.15, 0.2) is 45.9 Å². The van der Waals surface area contributed by atoms with Crippen LogP contribution >= 0.6 is 0 Å². The molecule has 0 fully saturated rings. The first-order valence-electron chi connectivity index (χ1n) is 8.38. The molecule has 0 spiro atoms. The first kappa shape index (κ1) is 18.4. The standard InChI is InChI=1S/C19H19N3O5/c1-12-15(19(25)26-2)9-13(27-12)10-20-17(23)7-8-22-11-21-16-6-4-3-5-14(16)18(22)24/h3-6,9,11H,7-8,10H2,1-2H3,(H,20,23). The van der Waals surface area contributed by atoms with E-state index in [1.807, 2.05) is 6.07 Å². The van der Waals surface area contributed by atoms with Gasteiger partial charge < -0.3 is 14.5 Å². The van der Waals surface area contributed by atoms with E-state index in [4.69, 9.17) is 4.42 Å². The first-order chi connectivity index (χ1) is 13.0. The molecule has 2 aromatic heterocycles. The SMILES string of the molecule is COC(=O)c1cc(CNC(=O)CCn2cnc3ccccc3c2=O)oc1C. The van der Waals surface area contributed by atoms with Gasteiger partial charge in [0.1, 0.15) is 17.1 Å². The van der Waals surface area contributed by atoms with Crippen LogP contribution in [0.5, 0.6) is 0 Å². The molecular formula is C19H19N3O5. The van der Waals surface area contributed by atoms with Gasteiger partial charge in [-0.2, -0.15) is 0 Å². The van der Waals surface area contributed by atoms with E-state index in [0.717, 1.165) is 0 Å². The Morgan fingerprint density at radius 3 is 2.85 bits per heavy atom. The Hall–Kier alpha value is -3.42. The third kappa shape index (κ3) is 4.05. The highest BCUT2D eigenvalue weighted by Crippen LogP contribution is 2.15. The van der Waals surface area contributed by atoms with Crippen LogP contribution in [0, 0.1) is 6.92 Å². The van der Waals surface area contributed by atoms with Crippen LogP contribution in [-0.2, 0) is 22.6 Å². The summed E-state index contributed by atoms with van der Waals surface area (Å²) in [5, 5.41) is 3.22. The summed E-state index contributed by atoms with van der Waals surface area (Å²) in [6, 6.07) is 8.60. The Morgan fingerprint density at radius 1 is 1.30 bits per heavy atom. The topological polar surface area (TPSA) is 103 Å². The number of nitrogens with zero attached hydrogens (tertiary/aromatic N) is 2. The number of furan rings is 1. The van der Waals surface area contributed by atoms with Gasteiger partial charge in [-0.05, 0) is 25.1 Å². The molecule has 0 radical (unpaired) electrons. The van der Waals surface area contributed by atoms with Crippen LogP contribution in [0.4, 0.5) is 0 Å². The van der Waals surface area contributed by atoms with Gasteiger partial charge in [-0.15, -0.1) is 0 Å². The maximum Gasteiger partial charge on any atom is 0.341 e. The van der Waals surface area contributed by atoms with E-state index in [1.165, 1.54) is 18.0 Å². The molecule has 0 aliphatic rings. The fourth-order valence-electron chi connectivity index (χ4n) is 2.70. The van der Waals surface area contributed by atoms with E-state index >= 15 is 0 Å². The van der Waals surface area contributed by atoms with Crippen molar-refractivity contribution in [2.24, 2.45) is 0 Å². The Balaban J connectivity index is 1.58. The normalized spacial score (nSPS) is 10.7. The van der Waals surface area contributed by atoms with Crippen LogP contribution in [0.1, 0.15) is 28.3 Å². The highest BCUT2D eigenvalue weighted by molar-refractivity contribution is 5.90. The van der Waals surface area contributed by atoms with E-state index in [0.29, 0.717) is 28.0 Å². The summed E-state index contributed by atoms with van der Waals surface area (Å²) in [7, 11) is 1.29. The number of aryl methyl sites for hydroxylation is 2. The van der Waals surface area contributed by atoms with Crippen molar-refractivity contribution >= 4 is 22.8 Å². The van der Waals surface area contributed by atoms with Crippen LogP contribution in [0.2, 0.25) is 0 Å². The van der Waals surface area contributed by atoms with Crippen molar-refractivity contribution in [3.8, 4) is 0 Å². The molecule has 8 nitrogen and oxygen atoms in total. The second-order valence-corrected chi connectivity index (χ2v) is 5.96. The number of carbonyl (C=O) groups is 2. The molecule has 0 unspecified atom stereocenters. The monoisotopic (exact) mass is 369 g/mol. The lowest BCUT2D eigenvalue weighted by molar-refractivity contribution is -0.121. The summed E-state index contributed by atoms with van der Waals surface area (Å²) in [4.78, 5) is 40.2. The summed E-state index contributed by atoms with van der Waals surface area (Å²) < 4.78 is 11.5. The Morgan fingerprint density at radius 2 is 2.07 bits per heavy atom. The van der Waals surface area contributed by atoms with Crippen LogP contribution in [-0.4, -0.2) is 28.5 Å². The van der Waals surface area contributed by atoms with Crippen molar-refractivity contribution in [1.82, 2.24) is 14.9 Å². The number of rotatable bonds is 6. The third-order valence-corrected chi connectivity index (χ3v) is 4.15. The number of aromatic nitrogens is 2. The second kappa shape index (κ2) is 7.86. The van der Waals surface area contributed by atoms with Crippen molar-refractivity contribution in [2.45, 2.75) is 26.4 Å². The zero-order valence-corrected chi connectivity index (χ0v) is 15.0. The average Bonchev–Trinajstić information content (AvgIpc) is 3.06. The average molecular weight is 369 g/mol. The maximum absolute atomic E-state index is 12.4. The number of para-hydroxylation sites is 1. The maximum atomic E-state index is 12.4. The number of benzene rings is 1. The van der Waals surface area contributed by atoms with E-state index in [9.17, 15) is 14.4 Å². The molecule has 8 heteroatoms.